The van der Waals surface area contributed by atoms with Gasteiger partial charge in [0.25, 0.3) is 0 Å². The lowest BCUT2D eigenvalue weighted by molar-refractivity contribution is 0.258. The highest BCUT2D eigenvalue weighted by Crippen LogP contribution is 2.14. The summed E-state index contributed by atoms with van der Waals surface area (Å²) in [5.74, 6) is 1.39. The molecular weight excluding hydrogens is 202 g/mol. The molecule has 1 aromatic heterocycles. The van der Waals surface area contributed by atoms with Crippen LogP contribution < -0.4 is 10.6 Å². The minimum absolute atomic E-state index is 0.262. The van der Waals surface area contributed by atoms with Crippen LogP contribution in [0, 0.1) is 5.92 Å². The number of aromatic nitrogens is 1. The molecule has 0 aliphatic rings. The normalized spacial score (nSPS) is 12.2. The second-order valence-corrected chi connectivity index (χ2v) is 3.85. The molecule has 0 aromatic carbocycles. The Kier molecular flexibility index (Phi) is 5.64. The van der Waals surface area contributed by atoms with E-state index in [0.29, 0.717) is 5.92 Å². The first-order valence-corrected chi connectivity index (χ1v) is 5.78. The van der Waals surface area contributed by atoms with E-state index in [0.717, 1.165) is 30.9 Å². The van der Waals surface area contributed by atoms with Gasteiger partial charge in [0.05, 0.1) is 0 Å². The predicted molar refractivity (Wildman–Crippen MR) is 67.8 cm³/mol. The summed E-state index contributed by atoms with van der Waals surface area (Å²) in [7, 11) is 1.85. The predicted octanol–water partition coefficient (Wildman–Crippen LogP) is 1.94. The van der Waals surface area contributed by atoms with Crippen molar-refractivity contribution >= 4 is 11.5 Å². The van der Waals surface area contributed by atoms with E-state index in [1.165, 1.54) is 0 Å². The number of nitrogens with zero attached hydrogens (tertiary/aromatic N) is 1. The molecule has 1 atom stereocenters. The van der Waals surface area contributed by atoms with E-state index in [9.17, 15) is 0 Å². The Morgan fingerprint density at radius 3 is 2.94 bits per heavy atom. The van der Waals surface area contributed by atoms with Crippen molar-refractivity contribution in [3.8, 4) is 0 Å². The van der Waals surface area contributed by atoms with Gasteiger partial charge < -0.3 is 15.7 Å². The lowest BCUT2D eigenvalue weighted by Crippen LogP contribution is -2.15. The molecule has 0 amide bonds. The van der Waals surface area contributed by atoms with Crippen LogP contribution in [0.4, 0.5) is 11.5 Å². The first-order valence-electron chi connectivity index (χ1n) is 5.78. The van der Waals surface area contributed by atoms with Crippen molar-refractivity contribution < 1.29 is 5.11 Å². The average Bonchev–Trinajstić information content (AvgIpc) is 2.34. The van der Waals surface area contributed by atoms with Crippen LogP contribution in [0.3, 0.4) is 0 Å². The Bertz CT molecular complexity index is 304. The summed E-state index contributed by atoms with van der Waals surface area (Å²) >= 11 is 0. The Labute approximate surface area is 97.1 Å². The van der Waals surface area contributed by atoms with Crippen LogP contribution >= 0.6 is 0 Å². The first kappa shape index (κ1) is 12.8. The van der Waals surface area contributed by atoms with Gasteiger partial charge in [-0.2, -0.15) is 0 Å². The van der Waals surface area contributed by atoms with Crippen LogP contribution in [0.1, 0.15) is 19.8 Å². The molecule has 4 nitrogen and oxygen atoms in total. The van der Waals surface area contributed by atoms with Gasteiger partial charge in [0.1, 0.15) is 5.82 Å². The van der Waals surface area contributed by atoms with Gasteiger partial charge >= 0.3 is 0 Å². The molecule has 4 heteroatoms. The van der Waals surface area contributed by atoms with Crippen LogP contribution in [0.2, 0.25) is 0 Å². The molecule has 1 rings (SSSR count). The highest BCUT2D eigenvalue weighted by molar-refractivity contribution is 5.51. The molecule has 1 unspecified atom stereocenters. The number of rotatable bonds is 7. The SMILES string of the molecule is CCC(CCO)CNc1ccnc(NC)c1. The molecule has 16 heavy (non-hydrogen) atoms. The highest BCUT2D eigenvalue weighted by Gasteiger charge is 2.05. The summed E-state index contributed by atoms with van der Waals surface area (Å²) in [5.41, 5.74) is 1.07. The van der Waals surface area contributed by atoms with E-state index in [1.54, 1.807) is 6.20 Å². The van der Waals surface area contributed by atoms with Crippen LogP contribution in [-0.4, -0.2) is 30.3 Å². The van der Waals surface area contributed by atoms with Gasteiger partial charge in [0, 0.05) is 38.1 Å². The third kappa shape index (κ3) is 4.06. The smallest absolute Gasteiger partial charge is 0.127 e. The van der Waals surface area contributed by atoms with Gasteiger partial charge in [-0.05, 0) is 18.4 Å². The summed E-state index contributed by atoms with van der Waals surface area (Å²) in [6.45, 7) is 3.30. The van der Waals surface area contributed by atoms with Crippen molar-refractivity contribution in [1.82, 2.24) is 4.98 Å². The molecule has 90 valence electrons. The summed E-state index contributed by atoms with van der Waals surface area (Å²) in [5, 5.41) is 15.3. The van der Waals surface area contributed by atoms with E-state index in [4.69, 9.17) is 5.11 Å². The average molecular weight is 223 g/mol. The third-order valence-corrected chi connectivity index (χ3v) is 2.73. The number of pyridine rings is 1. The van der Waals surface area contributed by atoms with Crippen molar-refractivity contribution in [2.45, 2.75) is 19.8 Å². The minimum atomic E-state index is 0.262. The van der Waals surface area contributed by atoms with E-state index in [-0.39, 0.29) is 6.61 Å². The monoisotopic (exact) mass is 223 g/mol. The van der Waals surface area contributed by atoms with Gasteiger partial charge in [0.2, 0.25) is 0 Å². The Morgan fingerprint density at radius 2 is 2.31 bits per heavy atom. The van der Waals surface area contributed by atoms with E-state index in [2.05, 4.69) is 22.5 Å². The zero-order valence-electron chi connectivity index (χ0n) is 10.0. The molecule has 0 saturated heterocycles. The molecule has 1 heterocycles. The van der Waals surface area contributed by atoms with Gasteiger partial charge in [-0.15, -0.1) is 0 Å². The molecule has 0 saturated carbocycles. The summed E-state index contributed by atoms with van der Waals surface area (Å²) in [6, 6.07) is 3.93. The summed E-state index contributed by atoms with van der Waals surface area (Å²) in [6.07, 6.45) is 3.71. The quantitative estimate of drug-likeness (QED) is 0.661. The zero-order valence-corrected chi connectivity index (χ0v) is 10.0. The lowest BCUT2D eigenvalue weighted by atomic mass is 10.0. The largest absolute Gasteiger partial charge is 0.396 e. The van der Waals surface area contributed by atoms with Gasteiger partial charge in [-0.1, -0.05) is 13.3 Å². The fourth-order valence-electron chi connectivity index (χ4n) is 1.57. The number of hydrogen-bond acceptors (Lipinski definition) is 4. The van der Waals surface area contributed by atoms with Crippen molar-refractivity contribution in [2.24, 2.45) is 5.92 Å². The highest BCUT2D eigenvalue weighted by atomic mass is 16.3. The first-order chi connectivity index (χ1) is 7.80. The Morgan fingerprint density at radius 1 is 1.50 bits per heavy atom. The minimum Gasteiger partial charge on any atom is -0.396 e. The fourth-order valence-corrected chi connectivity index (χ4v) is 1.57. The maximum absolute atomic E-state index is 8.90. The molecular formula is C12H21N3O. The van der Waals surface area contributed by atoms with Gasteiger partial charge in [-0.25, -0.2) is 4.98 Å². The Balaban J connectivity index is 2.46. The summed E-state index contributed by atoms with van der Waals surface area (Å²) in [4.78, 5) is 4.15. The molecule has 0 bridgehead atoms. The number of aliphatic hydroxyl groups is 1. The third-order valence-electron chi connectivity index (χ3n) is 2.73. The number of anilines is 2. The van der Waals surface area contributed by atoms with Crippen molar-refractivity contribution in [2.75, 3.05) is 30.8 Å². The van der Waals surface area contributed by atoms with Crippen molar-refractivity contribution in [3.63, 3.8) is 0 Å². The molecule has 0 aliphatic carbocycles. The topological polar surface area (TPSA) is 57.2 Å². The molecule has 0 radical (unpaired) electrons. The van der Waals surface area contributed by atoms with Crippen LogP contribution in [0.15, 0.2) is 18.3 Å². The van der Waals surface area contributed by atoms with Crippen LogP contribution in [0.5, 0.6) is 0 Å². The van der Waals surface area contributed by atoms with Crippen LogP contribution in [-0.2, 0) is 0 Å². The Hall–Kier alpha value is -1.29. The molecule has 0 aliphatic heterocycles. The van der Waals surface area contributed by atoms with Crippen LogP contribution in [0.25, 0.3) is 0 Å². The second-order valence-electron chi connectivity index (χ2n) is 3.85. The maximum Gasteiger partial charge on any atom is 0.127 e. The number of nitrogens with one attached hydrogen (secondary N) is 2. The lowest BCUT2D eigenvalue weighted by Gasteiger charge is -2.15. The molecule has 0 fully saturated rings. The van der Waals surface area contributed by atoms with Gasteiger partial charge in [-0.3, -0.25) is 0 Å². The second kappa shape index (κ2) is 7.06. The number of hydrogen-bond donors (Lipinski definition) is 3. The maximum atomic E-state index is 8.90. The zero-order chi connectivity index (χ0) is 11.8. The fraction of sp³-hybridized carbons (Fsp3) is 0.583. The van der Waals surface area contributed by atoms with E-state index < -0.39 is 0 Å². The summed E-state index contributed by atoms with van der Waals surface area (Å²) < 4.78 is 0. The van der Waals surface area contributed by atoms with E-state index in [1.807, 2.05) is 19.2 Å². The van der Waals surface area contributed by atoms with Crippen molar-refractivity contribution in [1.29, 1.82) is 0 Å². The molecule has 3 N–H and O–H groups in total. The van der Waals surface area contributed by atoms with E-state index >= 15 is 0 Å². The van der Waals surface area contributed by atoms with Gasteiger partial charge in [0.15, 0.2) is 0 Å². The molecule has 0 spiro atoms. The molecule has 1 aromatic rings. The number of aliphatic hydroxyl groups excluding tert-OH is 1. The standard InChI is InChI=1S/C12H21N3O/c1-3-10(5-7-16)9-15-11-4-6-14-12(8-11)13-2/h4,6,8,10,16H,3,5,7,9H2,1-2H3,(H2,13,14,15). The van der Waals surface area contributed by atoms with Crippen molar-refractivity contribution in [3.05, 3.63) is 18.3 Å².